The van der Waals surface area contributed by atoms with Gasteiger partial charge >= 0.3 is 5.97 Å². The number of anilines is 2. The van der Waals surface area contributed by atoms with E-state index in [-0.39, 0.29) is 24.9 Å². The maximum atomic E-state index is 13.1. The molecule has 2 heterocycles. The van der Waals surface area contributed by atoms with Crippen molar-refractivity contribution < 1.29 is 14.3 Å². The van der Waals surface area contributed by atoms with Crippen LogP contribution in [0.4, 0.5) is 11.4 Å². The molecule has 8 heteroatoms. The second-order valence-corrected chi connectivity index (χ2v) is 8.59. The first kappa shape index (κ1) is 22.0. The second kappa shape index (κ2) is 8.50. The molecule has 0 bridgehead atoms. The summed E-state index contributed by atoms with van der Waals surface area (Å²) in [6.45, 7) is 3.81. The van der Waals surface area contributed by atoms with Gasteiger partial charge in [0.2, 0.25) is 11.7 Å². The molecule has 5 rings (SSSR count). The van der Waals surface area contributed by atoms with Crippen LogP contribution in [0.3, 0.4) is 0 Å². The van der Waals surface area contributed by atoms with Crippen molar-refractivity contribution >= 4 is 40.7 Å². The Morgan fingerprint density at radius 1 is 1.12 bits per heavy atom. The van der Waals surface area contributed by atoms with Crippen molar-refractivity contribution in [2.24, 2.45) is 5.10 Å². The maximum absolute atomic E-state index is 13.1. The number of amides is 1. The van der Waals surface area contributed by atoms with Crippen LogP contribution in [0.25, 0.3) is 0 Å². The average Bonchev–Trinajstić information content (AvgIpc) is 3.10. The predicted molar refractivity (Wildman–Crippen MR) is 132 cm³/mol. The number of carbonyl (C=O) groups is 2. The molecule has 2 aliphatic heterocycles. The molecule has 0 unspecified atom stereocenters. The molecule has 0 fully saturated rings. The molecule has 2 aliphatic rings. The van der Waals surface area contributed by atoms with E-state index in [1.165, 1.54) is 0 Å². The van der Waals surface area contributed by atoms with E-state index in [0.717, 1.165) is 16.8 Å². The molecule has 0 saturated heterocycles. The molecule has 172 valence electrons. The Morgan fingerprint density at radius 2 is 1.85 bits per heavy atom. The quantitative estimate of drug-likeness (QED) is 0.563. The van der Waals surface area contributed by atoms with Crippen molar-refractivity contribution in [3.05, 3.63) is 94.5 Å². The number of fused-ring (bicyclic) bond motifs is 3. The number of ether oxygens (including phenoxy) is 1. The number of benzene rings is 3. The summed E-state index contributed by atoms with van der Waals surface area (Å²) in [5.74, 6) is -0.825. The minimum Gasteiger partial charge on any atom is -0.460 e. The number of halogens is 1. The molecule has 34 heavy (non-hydrogen) atoms. The topological polar surface area (TPSA) is 74.2 Å². The lowest BCUT2D eigenvalue weighted by atomic mass is 9.87. The van der Waals surface area contributed by atoms with Gasteiger partial charge in [-0.05, 0) is 44.2 Å². The molecule has 1 amide bonds. The van der Waals surface area contributed by atoms with Gasteiger partial charge < -0.3 is 15.0 Å². The van der Waals surface area contributed by atoms with Gasteiger partial charge in [-0.1, -0.05) is 59.6 Å². The number of amidine groups is 1. The van der Waals surface area contributed by atoms with E-state index in [1.807, 2.05) is 67.6 Å². The van der Waals surface area contributed by atoms with E-state index in [2.05, 4.69) is 5.32 Å². The van der Waals surface area contributed by atoms with E-state index >= 15 is 0 Å². The van der Waals surface area contributed by atoms with Gasteiger partial charge in [0.15, 0.2) is 5.66 Å². The first-order valence-electron chi connectivity index (χ1n) is 11.0. The average molecular weight is 475 g/mol. The van der Waals surface area contributed by atoms with Crippen molar-refractivity contribution in [3.63, 3.8) is 0 Å². The van der Waals surface area contributed by atoms with Gasteiger partial charge in [-0.25, -0.2) is 9.80 Å². The van der Waals surface area contributed by atoms with Crippen LogP contribution in [0.15, 0.2) is 77.9 Å². The summed E-state index contributed by atoms with van der Waals surface area (Å²) in [5.41, 5.74) is 2.78. The zero-order chi connectivity index (χ0) is 23.9. The zero-order valence-electron chi connectivity index (χ0n) is 18.8. The van der Waals surface area contributed by atoms with E-state index in [0.29, 0.717) is 16.3 Å². The summed E-state index contributed by atoms with van der Waals surface area (Å²) < 4.78 is 5.35. The van der Waals surface area contributed by atoms with Gasteiger partial charge in [-0.15, -0.1) is 5.10 Å². The molecule has 3 aromatic rings. The first-order valence-corrected chi connectivity index (χ1v) is 11.4. The molecule has 0 radical (unpaired) electrons. The van der Waals surface area contributed by atoms with Gasteiger partial charge in [0, 0.05) is 21.8 Å². The summed E-state index contributed by atoms with van der Waals surface area (Å²) in [4.78, 5) is 27.9. The fourth-order valence-electron chi connectivity index (χ4n) is 4.57. The van der Waals surface area contributed by atoms with Crippen molar-refractivity contribution in [3.8, 4) is 0 Å². The van der Waals surface area contributed by atoms with Crippen LogP contribution in [0.1, 0.15) is 23.6 Å². The highest BCUT2D eigenvalue weighted by Gasteiger charge is 2.57. The van der Waals surface area contributed by atoms with Gasteiger partial charge in [-0.3, -0.25) is 4.79 Å². The number of hydrogen-bond acceptors (Lipinski definition) is 6. The molecule has 0 spiro atoms. The van der Waals surface area contributed by atoms with Crippen LogP contribution in [-0.2, 0) is 20.0 Å². The second-order valence-electron chi connectivity index (χ2n) is 8.15. The fourth-order valence-corrected chi connectivity index (χ4v) is 4.74. The highest BCUT2D eigenvalue weighted by atomic mass is 35.5. The molecule has 3 aromatic carbocycles. The number of nitrogens with one attached hydrogen (secondary N) is 1. The van der Waals surface area contributed by atoms with Crippen LogP contribution in [0.5, 0.6) is 0 Å². The Morgan fingerprint density at radius 3 is 2.56 bits per heavy atom. The largest absolute Gasteiger partial charge is 0.460 e. The molecule has 0 aliphatic carbocycles. The molecule has 1 atom stereocenters. The highest BCUT2D eigenvalue weighted by Crippen LogP contribution is 2.50. The monoisotopic (exact) mass is 474 g/mol. The van der Waals surface area contributed by atoms with E-state index in [4.69, 9.17) is 21.4 Å². The lowest BCUT2D eigenvalue weighted by Crippen LogP contribution is -2.56. The number of rotatable bonds is 4. The van der Waals surface area contributed by atoms with Crippen molar-refractivity contribution in [1.29, 1.82) is 0 Å². The van der Waals surface area contributed by atoms with Crippen molar-refractivity contribution in [2.45, 2.75) is 19.5 Å². The predicted octanol–water partition coefficient (Wildman–Crippen LogP) is 4.50. The Bertz CT molecular complexity index is 1290. The first-order chi connectivity index (χ1) is 16.4. The van der Waals surface area contributed by atoms with E-state index < -0.39 is 11.6 Å². The molecule has 1 N–H and O–H groups in total. The van der Waals surface area contributed by atoms with Gasteiger partial charge in [-0.2, -0.15) is 0 Å². The van der Waals surface area contributed by atoms with Crippen LogP contribution < -0.4 is 10.3 Å². The Kier molecular flexibility index (Phi) is 5.49. The maximum Gasteiger partial charge on any atom is 0.376 e. The third-order valence-electron chi connectivity index (χ3n) is 5.99. The Labute approximate surface area is 202 Å². The normalized spacial score (nSPS) is 19.0. The van der Waals surface area contributed by atoms with Gasteiger partial charge in [0.25, 0.3) is 0 Å². The van der Waals surface area contributed by atoms with Crippen LogP contribution in [-0.4, -0.2) is 35.8 Å². The Hall–Kier alpha value is -3.84. The number of carbonyl (C=O) groups excluding carboxylic acids is 2. The minimum atomic E-state index is -1.17. The zero-order valence-corrected chi connectivity index (χ0v) is 19.5. The highest BCUT2D eigenvalue weighted by molar-refractivity contribution is 6.37. The lowest BCUT2D eigenvalue weighted by Gasteiger charge is -2.44. The third kappa shape index (κ3) is 3.40. The standard InChI is InChI=1S/C26H23ClN4O3/c1-3-34-25(33)24-29-31(20-12-9-17(2)10-13-20)26(18-7-5-4-6-8-18)21-15-19(27)11-14-22(21)28-23(32)16-30(24)26/h4-15H,3,16H2,1-2H3,(H,28,32)/t26-/m0/s1. The smallest absolute Gasteiger partial charge is 0.376 e. The number of aryl methyl sites for hydroxylation is 1. The van der Waals surface area contributed by atoms with Crippen LogP contribution >= 0.6 is 11.6 Å². The third-order valence-corrected chi connectivity index (χ3v) is 6.23. The molecule has 7 nitrogen and oxygen atoms in total. The number of esters is 1. The van der Waals surface area contributed by atoms with Crippen molar-refractivity contribution in [1.82, 2.24) is 4.90 Å². The van der Waals surface area contributed by atoms with Gasteiger partial charge in [0.05, 0.1) is 12.3 Å². The minimum absolute atomic E-state index is 0.0502. The summed E-state index contributed by atoms with van der Waals surface area (Å²) in [6, 6.07) is 22.8. The molecular formula is C26H23ClN4O3. The molecule has 0 saturated carbocycles. The molecule has 0 aromatic heterocycles. The number of nitrogens with zero attached hydrogens (tertiary/aromatic N) is 3. The molecular weight excluding hydrogens is 452 g/mol. The summed E-state index contributed by atoms with van der Waals surface area (Å²) in [7, 11) is 0. The fraction of sp³-hybridized carbons (Fsp3) is 0.192. The summed E-state index contributed by atoms with van der Waals surface area (Å²) >= 11 is 6.49. The van der Waals surface area contributed by atoms with Crippen LogP contribution in [0, 0.1) is 6.92 Å². The summed E-state index contributed by atoms with van der Waals surface area (Å²) in [6.07, 6.45) is 0. The lowest BCUT2D eigenvalue weighted by molar-refractivity contribution is -0.136. The summed E-state index contributed by atoms with van der Waals surface area (Å²) in [5, 5.41) is 10.0. The van der Waals surface area contributed by atoms with Crippen molar-refractivity contribution in [2.75, 3.05) is 23.5 Å². The van der Waals surface area contributed by atoms with E-state index in [9.17, 15) is 9.59 Å². The number of hydrazone groups is 1. The Balaban J connectivity index is 1.88. The van der Waals surface area contributed by atoms with Gasteiger partial charge in [0.1, 0.15) is 6.54 Å². The van der Waals surface area contributed by atoms with Crippen LogP contribution in [0.2, 0.25) is 5.02 Å². The van der Waals surface area contributed by atoms with E-state index in [1.54, 1.807) is 29.0 Å². The SMILES string of the molecule is CCOC(=O)C1=NN(c2ccc(C)cc2)[C@@]2(c3ccccc3)c3cc(Cl)ccc3NC(=O)CN12. The number of hydrogen-bond donors (Lipinski definition) is 1.